The number of likely N-dealkylation sites (tertiary alicyclic amines) is 1. The van der Waals surface area contributed by atoms with Crippen LogP contribution in [0.2, 0.25) is 0 Å². The average molecular weight is 441 g/mol. The van der Waals surface area contributed by atoms with Crippen LogP contribution in [-0.2, 0) is 11.8 Å². The Hall–Kier alpha value is -3.66. The number of pyridine rings is 1. The van der Waals surface area contributed by atoms with Gasteiger partial charge in [0.05, 0.1) is 11.1 Å². The minimum absolute atomic E-state index is 0.0530. The van der Waals surface area contributed by atoms with E-state index in [2.05, 4.69) is 31.5 Å². The molecule has 33 heavy (non-hydrogen) atoms. The molecule has 5 rings (SSSR count). The molecule has 3 aromatic heterocycles. The number of nitrogens with zero attached hydrogens (tertiary/aromatic N) is 5. The molecule has 0 saturated carbocycles. The quantitative estimate of drug-likeness (QED) is 0.627. The first-order valence-electron chi connectivity index (χ1n) is 11.5. The molecule has 7 heteroatoms. The third-order valence-electron chi connectivity index (χ3n) is 7.01. The third-order valence-corrected chi connectivity index (χ3v) is 7.01. The summed E-state index contributed by atoms with van der Waals surface area (Å²) in [4.78, 5) is 28.2. The lowest BCUT2D eigenvalue weighted by Gasteiger charge is -2.26. The van der Waals surface area contributed by atoms with Crippen LogP contribution in [-0.4, -0.2) is 43.4 Å². The number of carbonyl (C=O) groups is 1. The van der Waals surface area contributed by atoms with E-state index in [-0.39, 0.29) is 5.92 Å². The normalized spacial score (nSPS) is 18.4. The van der Waals surface area contributed by atoms with Gasteiger partial charge in [-0.2, -0.15) is 0 Å². The van der Waals surface area contributed by atoms with Crippen LogP contribution in [0.1, 0.15) is 48.9 Å². The molecule has 1 atom stereocenters. The van der Waals surface area contributed by atoms with Gasteiger partial charge in [-0.1, -0.05) is 12.0 Å². The summed E-state index contributed by atoms with van der Waals surface area (Å²) in [5, 5.41) is 0.853. The number of terminal acetylenes is 1. The molecule has 0 radical (unpaired) electrons. The Morgan fingerprint density at radius 3 is 2.70 bits per heavy atom. The van der Waals surface area contributed by atoms with Crippen molar-refractivity contribution in [1.29, 1.82) is 0 Å². The summed E-state index contributed by atoms with van der Waals surface area (Å²) in [7, 11) is 1.99. The summed E-state index contributed by atoms with van der Waals surface area (Å²) in [6, 6.07) is 1.92. The third kappa shape index (κ3) is 3.56. The largest absolute Gasteiger partial charge is 0.383 e. The molecule has 2 N–H and O–H groups in total. The average Bonchev–Trinajstić information content (AvgIpc) is 3.47. The Bertz CT molecular complexity index is 1320. The molecule has 3 aromatic rings. The number of aryl methyl sites for hydroxylation is 2. The Morgan fingerprint density at radius 1 is 1.24 bits per heavy atom. The lowest BCUT2D eigenvalue weighted by molar-refractivity contribution is -0.134. The Morgan fingerprint density at radius 2 is 2.03 bits per heavy atom. The molecular weight excluding hydrogens is 412 g/mol. The van der Waals surface area contributed by atoms with Crippen molar-refractivity contribution in [3.8, 4) is 23.6 Å². The van der Waals surface area contributed by atoms with Crippen molar-refractivity contribution in [1.82, 2.24) is 24.4 Å². The number of carbonyl (C=O) groups excluding carboxylic acids is 1. The van der Waals surface area contributed by atoms with E-state index in [0.717, 1.165) is 78.6 Å². The molecule has 0 spiro atoms. The number of amides is 1. The summed E-state index contributed by atoms with van der Waals surface area (Å²) in [5.74, 6) is 3.42. The second kappa shape index (κ2) is 8.36. The lowest BCUT2D eigenvalue weighted by atomic mass is 9.84. The monoisotopic (exact) mass is 440 g/mol. The fourth-order valence-corrected chi connectivity index (χ4v) is 5.27. The summed E-state index contributed by atoms with van der Waals surface area (Å²) < 4.78 is 2.06. The summed E-state index contributed by atoms with van der Waals surface area (Å²) in [6.45, 7) is 3.83. The van der Waals surface area contributed by atoms with Crippen LogP contribution in [0.3, 0.4) is 0 Å². The van der Waals surface area contributed by atoms with Crippen molar-refractivity contribution in [2.75, 3.05) is 18.8 Å². The second-order valence-electron chi connectivity index (χ2n) is 9.00. The zero-order valence-corrected chi connectivity index (χ0v) is 19.1. The number of rotatable bonds is 3. The van der Waals surface area contributed by atoms with Crippen molar-refractivity contribution >= 4 is 28.3 Å². The molecule has 1 amide bonds. The van der Waals surface area contributed by atoms with Gasteiger partial charge in [0.1, 0.15) is 23.5 Å². The molecule has 2 aliphatic rings. The van der Waals surface area contributed by atoms with Gasteiger partial charge in [0, 0.05) is 43.4 Å². The van der Waals surface area contributed by atoms with E-state index in [1.807, 2.05) is 31.1 Å². The maximum atomic E-state index is 12.9. The van der Waals surface area contributed by atoms with E-state index < -0.39 is 0 Å². The van der Waals surface area contributed by atoms with Crippen molar-refractivity contribution in [2.24, 2.45) is 13.0 Å². The fraction of sp³-hybridized carbons (Fsp3) is 0.385. The first-order valence-corrected chi connectivity index (χ1v) is 11.5. The van der Waals surface area contributed by atoms with Crippen LogP contribution >= 0.6 is 0 Å². The Kier molecular flexibility index (Phi) is 5.37. The zero-order valence-electron chi connectivity index (χ0n) is 19.1. The van der Waals surface area contributed by atoms with Gasteiger partial charge < -0.3 is 15.2 Å². The van der Waals surface area contributed by atoms with Crippen LogP contribution in [0.5, 0.6) is 0 Å². The van der Waals surface area contributed by atoms with Gasteiger partial charge in [-0.05, 0) is 56.2 Å². The summed E-state index contributed by atoms with van der Waals surface area (Å²) in [5.41, 5.74) is 13.0. The first kappa shape index (κ1) is 21.2. The van der Waals surface area contributed by atoms with Gasteiger partial charge in [0.25, 0.3) is 0 Å². The molecule has 4 heterocycles. The van der Waals surface area contributed by atoms with Crippen molar-refractivity contribution in [3.63, 3.8) is 0 Å². The van der Waals surface area contributed by atoms with Crippen molar-refractivity contribution in [3.05, 3.63) is 41.5 Å². The lowest BCUT2D eigenvalue weighted by Crippen LogP contribution is -2.34. The molecule has 0 aromatic carbocycles. The van der Waals surface area contributed by atoms with Crippen LogP contribution in [0.25, 0.3) is 27.9 Å². The molecule has 0 bridgehead atoms. The molecule has 1 aliphatic carbocycles. The van der Waals surface area contributed by atoms with Gasteiger partial charge in [-0.3, -0.25) is 4.79 Å². The molecular formula is C26H28N6O. The maximum absolute atomic E-state index is 12.9. The van der Waals surface area contributed by atoms with E-state index in [1.165, 1.54) is 11.9 Å². The number of nitrogens with two attached hydrogens (primary N) is 1. The molecule has 7 nitrogen and oxygen atoms in total. The Balaban J connectivity index is 1.62. The number of allylic oxidation sites excluding steroid dienone is 2. The standard InChI is InChI=1S/C26H28N6O/c1-4-19-13-16(2)20(14-28-19)23-21(22-24(27)29-15-30-25(22)31(23)3)17-7-9-18(10-8-17)26(33)32-11-5-6-12-32/h1,7,13-15,18H,5-6,8-12H2,2-3H3,(H2,27,29,30)/t18-/m0/s1. The molecule has 1 saturated heterocycles. The minimum Gasteiger partial charge on any atom is -0.383 e. The van der Waals surface area contributed by atoms with Crippen molar-refractivity contribution in [2.45, 2.75) is 39.0 Å². The first-order chi connectivity index (χ1) is 16.0. The Labute approximate surface area is 193 Å². The minimum atomic E-state index is 0.0530. The molecule has 1 fully saturated rings. The van der Waals surface area contributed by atoms with E-state index >= 15 is 0 Å². The van der Waals surface area contributed by atoms with E-state index in [1.54, 1.807) is 0 Å². The highest BCUT2D eigenvalue weighted by molar-refractivity contribution is 6.04. The van der Waals surface area contributed by atoms with E-state index in [0.29, 0.717) is 17.4 Å². The number of aromatic nitrogens is 4. The SMILES string of the molecule is C#Cc1cc(C)c(-c2c(C3=CC[C@H](C(=O)N4CCCC4)CC3)c3c(N)ncnc3n2C)cn1. The highest BCUT2D eigenvalue weighted by atomic mass is 16.2. The highest BCUT2D eigenvalue weighted by Gasteiger charge is 2.31. The van der Waals surface area contributed by atoms with Crippen LogP contribution in [0, 0.1) is 25.2 Å². The predicted octanol–water partition coefficient (Wildman–Crippen LogP) is 3.71. The fourth-order valence-electron chi connectivity index (χ4n) is 5.27. The zero-order chi connectivity index (χ0) is 23.1. The van der Waals surface area contributed by atoms with E-state index in [4.69, 9.17) is 12.2 Å². The highest BCUT2D eigenvalue weighted by Crippen LogP contribution is 2.43. The maximum Gasteiger partial charge on any atom is 0.226 e. The van der Waals surface area contributed by atoms with Crippen LogP contribution in [0.4, 0.5) is 5.82 Å². The molecule has 0 unspecified atom stereocenters. The number of hydrogen-bond acceptors (Lipinski definition) is 5. The van der Waals surface area contributed by atoms with E-state index in [9.17, 15) is 4.79 Å². The summed E-state index contributed by atoms with van der Waals surface area (Å²) >= 11 is 0. The molecule has 168 valence electrons. The second-order valence-corrected chi connectivity index (χ2v) is 9.00. The number of anilines is 1. The van der Waals surface area contributed by atoms with Gasteiger partial charge in [-0.15, -0.1) is 6.42 Å². The van der Waals surface area contributed by atoms with Crippen molar-refractivity contribution < 1.29 is 4.79 Å². The number of hydrogen-bond donors (Lipinski definition) is 1. The van der Waals surface area contributed by atoms with Gasteiger partial charge in [0.15, 0.2) is 0 Å². The van der Waals surface area contributed by atoms with Gasteiger partial charge in [-0.25, -0.2) is 15.0 Å². The smallest absolute Gasteiger partial charge is 0.226 e. The summed E-state index contributed by atoms with van der Waals surface area (Å²) in [6.07, 6.45) is 15.7. The topological polar surface area (TPSA) is 89.9 Å². The molecule has 1 aliphatic heterocycles. The van der Waals surface area contributed by atoms with Gasteiger partial charge in [0.2, 0.25) is 5.91 Å². The van der Waals surface area contributed by atoms with Crippen LogP contribution in [0.15, 0.2) is 24.7 Å². The van der Waals surface area contributed by atoms with Crippen LogP contribution < -0.4 is 5.73 Å². The van der Waals surface area contributed by atoms with Gasteiger partial charge >= 0.3 is 0 Å². The number of fused-ring (bicyclic) bond motifs is 1. The number of nitrogen functional groups attached to an aromatic ring is 1. The predicted molar refractivity (Wildman–Crippen MR) is 130 cm³/mol.